The lowest BCUT2D eigenvalue weighted by Crippen LogP contribution is -2.51. The third-order valence-corrected chi connectivity index (χ3v) is 7.05. The van der Waals surface area contributed by atoms with E-state index in [0.29, 0.717) is 17.8 Å². The van der Waals surface area contributed by atoms with E-state index >= 15 is 0 Å². The molecule has 2 aliphatic rings. The number of aliphatic hydroxyl groups is 1. The molecule has 32 heavy (non-hydrogen) atoms. The third kappa shape index (κ3) is 3.09. The van der Waals surface area contributed by atoms with E-state index in [2.05, 4.69) is 22.4 Å². The fraction of sp³-hybridized carbons (Fsp3) is 0.308. The van der Waals surface area contributed by atoms with Gasteiger partial charge in [-0.15, -0.1) is 0 Å². The maximum absolute atomic E-state index is 13.0. The number of ketones is 1. The smallest absolute Gasteiger partial charge is 0.165 e. The third-order valence-electron chi connectivity index (χ3n) is 7.05. The summed E-state index contributed by atoms with van der Waals surface area (Å²) < 4.78 is 0. The minimum absolute atomic E-state index is 0.0343. The summed E-state index contributed by atoms with van der Waals surface area (Å²) in [6.07, 6.45) is 6.57. The molecule has 2 aliphatic carbocycles. The largest absolute Gasteiger partial charge is 0.515 e. The molecular weight excluding hydrogens is 400 g/mol. The first kappa shape index (κ1) is 20.4. The van der Waals surface area contributed by atoms with Gasteiger partial charge in [0.15, 0.2) is 5.78 Å². The number of pyridine rings is 1. The Hall–Kier alpha value is -3.54. The summed E-state index contributed by atoms with van der Waals surface area (Å²) in [7, 11) is 0. The van der Waals surface area contributed by atoms with Gasteiger partial charge in [-0.3, -0.25) is 9.78 Å². The minimum atomic E-state index is -0.504. The van der Waals surface area contributed by atoms with Crippen LogP contribution in [0, 0.1) is 18.8 Å². The Morgan fingerprint density at radius 3 is 2.69 bits per heavy atom. The second-order valence-electron chi connectivity index (χ2n) is 8.78. The van der Waals surface area contributed by atoms with Crippen LogP contribution >= 0.6 is 0 Å². The van der Waals surface area contributed by atoms with E-state index < -0.39 is 5.41 Å². The highest BCUT2D eigenvalue weighted by Gasteiger charge is 2.55. The molecular formula is C26H26N4O2. The van der Waals surface area contributed by atoms with Crippen molar-refractivity contribution in [3.8, 4) is 0 Å². The molecule has 162 valence electrons. The van der Waals surface area contributed by atoms with Crippen molar-refractivity contribution in [1.29, 1.82) is 0 Å². The molecule has 0 bridgehead atoms. The number of nitrogens with one attached hydrogen (secondary N) is 1. The fourth-order valence-electron chi connectivity index (χ4n) is 5.65. The van der Waals surface area contributed by atoms with Gasteiger partial charge in [0.25, 0.3) is 0 Å². The number of carbonyl (C=O) groups is 1. The van der Waals surface area contributed by atoms with Crippen LogP contribution in [0.15, 0.2) is 66.7 Å². The molecule has 1 saturated carbocycles. The van der Waals surface area contributed by atoms with E-state index in [4.69, 9.17) is 9.97 Å². The van der Waals surface area contributed by atoms with Gasteiger partial charge >= 0.3 is 0 Å². The Balaban J connectivity index is 1.75. The highest BCUT2D eigenvalue weighted by atomic mass is 16.2. The zero-order valence-electron chi connectivity index (χ0n) is 18.2. The Morgan fingerprint density at radius 2 is 1.97 bits per heavy atom. The molecule has 6 heteroatoms. The van der Waals surface area contributed by atoms with Crippen molar-refractivity contribution in [2.24, 2.45) is 11.8 Å². The van der Waals surface area contributed by atoms with Crippen molar-refractivity contribution in [3.05, 3.63) is 89.3 Å². The molecule has 0 aliphatic heterocycles. The number of fused-ring (bicyclic) bond motifs is 3. The second kappa shape index (κ2) is 7.86. The van der Waals surface area contributed by atoms with Gasteiger partial charge in [0.2, 0.25) is 0 Å². The standard InChI is InChI=1S/C26H26N4O2/c1-16-22-11-10-21-24(28-17(2)29-25(21)30-20-9-6-12-27-14-20)26(22,13-18(15-31)23(16)32)19-7-4-3-5-8-19/h3-9,12,14-16,22,31H,10-11,13H2,1-2H3,(H,28,29,30)/b18-15-/t16-,22-,26+/m0/s1. The number of carbonyl (C=O) groups excluding carboxylic acids is 1. The van der Waals surface area contributed by atoms with Crippen molar-refractivity contribution in [1.82, 2.24) is 15.0 Å². The summed E-state index contributed by atoms with van der Waals surface area (Å²) in [6.45, 7) is 3.89. The predicted molar refractivity (Wildman–Crippen MR) is 123 cm³/mol. The second-order valence-corrected chi connectivity index (χ2v) is 8.78. The van der Waals surface area contributed by atoms with E-state index in [1.165, 1.54) is 0 Å². The Bertz CT molecular complexity index is 1190. The average molecular weight is 427 g/mol. The van der Waals surface area contributed by atoms with Crippen molar-refractivity contribution in [2.75, 3.05) is 5.32 Å². The number of aromatic nitrogens is 3. The quantitative estimate of drug-likeness (QED) is 0.461. The van der Waals surface area contributed by atoms with Gasteiger partial charge in [-0.25, -0.2) is 9.97 Å². The van der Waals surface area contributed by atoms with E-state index in [-0.39, 0.29) is 17.6 Å². The minimum Gasteiger partial charge on any atom is -0.515 e. The van der Waals surface area contributed by atoms with Gasteiger partial charge in [0.1, 0.15) is 11.6 Å². The summed E-state index contributed by atoms with van der Waals surface area (Å²) in [5.41, 5.74) is 3.97. The number of hydrogen-bond acceptors (Lipinski definition) is 6. The number of nitrogens with zero attached hydrogens (tertiary/aromatic N) is 3. The first-order valence-corrected chi connectivity index (χ1v) is 11.0. The zero-order chi connectivity index (χ0) is 22.3. The molecule has 0 radical (unpaired) electrons. The van der Waals surface area contributed by atoms with Gasteiger partial charge in [-0.05, 0) is 49.8 Å². The average Bonchev–Trinajstić information content (AvgIpc) is 2.82. The number of Topliss-reactive ketones (excluding diaryl/α,β-unsaturated/α-hetero) is 1. The van der Waals surface area contributed by atoms with Gasteiger partial charge in [0.05, 0.1) is 23.8 Å². The van der Waals surface area contributed by atoms with Gasteiger partial charge in [-0.1, -0.05) is 37.3 Å². The number of allylic oxidation sites excluding steroid dienone is 1. The van der Waals surface area contributed by atoms with Gasteiger partial charge in [0, 0.05) is 28.7 Å². The summed E-state index contributed by atoms with van der Waals surface area (Å²) in [6, 6.07) is 14.1. The first-order valence-electron chi connectivity index (χ1n) is 11.0. The van der Waals surface area contributed by atoms with Crippen LogP contribution in [0.3, 0.4) is 0 Å². The molecule has 3 aromatic rings. The number of benzene rings is 1. The van der Waals surface area contributed by atoms with Gasteiger partial charge in [-0.2, -0.15) is 0 Å². The van der Waals surface area contributed by atoms with Crippen LogP contribution in [0.25, 0.3) is 0 Å². The lowest BCUT2D eigenvalue weighted by molar-refractivity contribution is -0.123. The molecule has 0 saturated heterocycles. The van der Waals surface area contributed by atoms with E-state index in [0.717, 1.165) is 47.4 Å². The molecule has 2 aromatic heterocycles. The monoisotopic (exact) mass is 426 g/mol. The normalized spacial score (nSPS) is 25.8. The molecule has 1 aromatic carbocycles. The molecule has 5 rings (SSSR count). The molecule has 0 unspecified atom stereocenters. The topological polar surface area (TPSA) is 88.0 Å². The Kier molecular flexibility index (Phi) is 5.00. The van der Waals surface area contributed by atoms with Crippen LogP contribution in [-0.4, -0.2) is 25.8 Å². The van der Waals surface area contributed by atoms with E-state index in [1.54, 1.807) is 12.4 Å². The van der Waals surface area contributed by atoms with Crippen molar-refractivity contribution in [3.63, 3.8) is 0 Å². The lowest BCUT2D eigenvalue weighted by atomic mass is 9.52. The molecule has 6 nitrogen and oxygen atoms in total. The number of anilines is 2. The van der Waals surface area contributed by atoms with Crippen molar-refractivity contribution < 1.29 is 9.90 Å². The van der Waals surface area contributed by atoms with Crippen LogP contribution < -0.4 is 5.32 Å². The molecule has 1 fully saturated rings. The zero-order valence-corrected chi connectivity index (χ0v) is 18.2. The summed E-state index contributed by atoms with van der Waals surface area (Å²) in [5.74, 6) is 1.38. The maximum atomic E-state index is 13.0. The Morgan fingerprint density at radius 1 is 1.16 bits per heavy atom. The van der Waals surface area contributed by atoms with Crippen LogP contribution in [0.1, 0.15) is 42.4 Å². The Labute approximate surface area is 187 Å². The van der Waals surface area contributed by atoms with Crippen LogP contribution in [-0.2, 0) is 16.6 Å². The van der Waals surface area contributed by atoms with Crippen molar-refractivity contribution >= 4 is 17.3 Å². The highest BCUT2D eigenvalue weighted by Crippen LogP contribution is 2.56. The number of aryl methyl sites for hydroxylation is 1. The molecule has 2 N–H and O–H groups in total. The molecule has 0 spiro atoms. The maximum Gasteiger partial charge on any atom is 0.165 e. The predicted octanol–water partition coefficient (Wildman–Crippen LogP) is 4.82. The van der Waals surface area contributed by atoms with Crippen molar-refractivity contribution in [2.45, 2.75) is 38.5 Å². The lowest BCUT2D eigenvalue weighted by Gasteiger charge is -2.51. The number of rotatable bonds is 3. The number of aliphatic hydroxyl groups excluding tert-OH is 1. The van der Waals surface area contributed by atoms with Crippen LogP contribution in [0.4, 0.5) is 11.5 Å². The summed E-state index contributed by atoms with van der Waals surface area (Å²) in [4.78, 5) is 26.9. The van der Waals surface area contributed by atoms with Crippen LogP contribution in [0.5, 0.6) is 0 Å². The fourth-order valence-corrected chi connectivity index (χ4v) is 5.65. The SMILES string of the molecule is Cc1nc(Nc2cccnc2)c2c(n1)[C@@]1(c3ccccc3)C/C(=C/O)C(=O)[C@@H](C)[C@@H]1CC2. The van der Waals surface area contributed by atoms with E-state index in [1.807, 2.05) is 44.2 Å². The summed E-state index contributed by atoms with van der Waals surface area (Å²) >= 11 is 0. The molecule has 0 amide bonds. The van der Waals surface area contributed by atoms with Gasteiger partial charge < -0.3 is 10.4 Å². The summed E-state index contributed by atoms with van der Waals surface area (Å²) in [5, 5.41) is 13.4. The molecule has 3 atom stereocenters. The highest BCUT2D eigenvalue weighted by molar-refractivity contribution is 5.98. The molecule has 2 heterocycles. The first-order chi connectivity index (χ1) is 15.5. The van der Waals surface area contributed by atoms with Crippen LogP contribution in [0.2, 0.25) is 0 Å². The number of hydrogen-bond donors (Lipinski definition) is 2. The van der Waals surface area contributed by atoms with E-state index in [9.17, 15) is 9.90 Å².